The zero-order chi connectivity index (χ0) is 19.2. The number of carbonyl (C=O) groups excluding carboxylic acids is 2. The monoisotopic (exact) mass is 369 g/mol. The van der Waals surface area contributed by atoms with Crippen molar-refractivity contribution in [3.05, 3.63) is 59.2 Å². The minimum Gasteiger partial charge on any atom is -0.497 e. The highest BCUT2D eigenvalue weighted by atomic mass is 16.5. The van der Waals surface area contributed by atoms with Crippen LogP contribution in [0.25, 0.3) is 0 Å². The van der Waals surface area contributed by atoms with Crippen LogP contribution in [-0.4, -0.2) is 57.1 Å². The van der Waals surface area contributed by atoms with E-state index in [1.165, 1.54) is 7.11 Å². The number of hydrogen-bond acceptors (Lipinski definition) is 5. The largest absolute Gasteiger partial charge is 0.497 e. The van der Waals surface area contributed by atoms with Crippen molar-refractivity contribution in [1.82, 2.24) is 4.90 Å². The van der Waals surface area contributed by atoms with E-state index in [1.54, 1.807) is 36.3 Å². The second kappa shape index (κ2) is 8.68. The first-order valence-electron chi connectivity index (χ1n) is 8.84. The van der Waals surface area contributed by atoms with Crippen LogP contribution < -0.4 is 9.47 Å². The summed E-state index contributed by atoms with van der Waals surface area (Å²) < 4.78 is 15.8. The first-order valence-corrected chi connectivity index (χ1v) is 8.84. The molecule has 0 aromatic heterocycles. The second-order valence-corrected chi connectivity index (χ2v) is 6.23. The van der Waals surface area contributed by atoms with Crippen molar-refractivity contribution in [2.24, 2.45) is 0 Å². The average Bonchev–Trinajstić information content (AvgIpc) is 2.73. The van der Waals surface area contributed by atoms with Crippen LogP contribution in [0.3, 0.4) is 0 Å². The predicted molar refractivity (Wildman–Crippen MR) is 101 cm³/mol. The van der Waals surface area contributed by atoms with E-state index in [0.717, 1.165) is 0 Å². The molecule has 6 nitrogen and oxygen atoms in total. The Hall–Kier alpha value is -2.86. The van der Waals surface area contributed by atoms with Gasteiger partial charge >= 0.3 is 0 Å². The number of Topliss-reactive ketones (excluding diaryl/α,β-unsaturated/α-hetero) is 1. The van der Waals surface area contributed by atoms with Gasteiger partial charge in [-0.25, -0.2) is 0 Å². The molecular formula is C21H23NO5. The summed E-state index contributed by atoms with van der Waals surface area (Å²) >= 11 is 0. The van der Waals surface area contributed by atoms with Crippen molar-refractivity contribution < 1.29 is 23.8 Å². The van der Waals surface area contributed by atoms with Crippen LogP contribution in [0.15, 0.2) is 42.5 Å². The number of ketones is 1. The molecule has 0 saturated carbocycles. The molecule has 2 aromatic rings. The van der Waals surface area contributed by atoms with Crippen LogP contribution in [0.4, 0.5) is 0 Å². The summed E-state index contributed by atoms with van der Waals surface area (Å²) in [5, 5.41) is 0. The number of nitrogens with zero attached hydrogens (tertiary/aromatic N) is 1. The zero-order valence-corrected chi connectivity index (χ0v) is 15.6. The number of morpholine rings is 1. The number of rotatable bonds is 6. The van der Waals surface area contributed by atoms with Crippen LogP contribution in [0.5, 0.6) is 11.5 Å². The summed E-state index contributed by atoms with van der Waals surface area (Å²) in [7, 11) is 3.07. The summed E-state index contributed by atoms with van der Waals surface area (Å²) in [6.45, 7) is 2.20. The van der Waals surface area contributed by atoms with Crippen molar-refractivity contribution in [1.29, 1.82) is 0 Å². The normalized spacial score (nSPS) is 13.9. The van der Waals surface area contributed by atoms with Crippen molar-refractivity contribution >= 4 is 11.7 Å². The van der Waals surface area contributed by atoms with Crippen LogP contribution in [-0.2, 0) is 11.2 Å². The molecule has 0 aliphatic carbocycles. The van der Waals surface area contributed by atoms with E-state index < -0.39 is 0 Å². The number of amides is 1. The third-order valence-corrected chi connectivity index (χ3v) is 4.61. The highest BCUT2D eigenvalue weighted by Gasteiger charge is 2.22. The Balaban J connectivity index is 1.84. The first-order chi connectivity index (χ1) is 13.1. The molecule has 6 heteroatoms. The summed E-state index contributed by atoms with van der Waals surface area (Å²) in [6, 6.07) is 12.3. The van der Waals surface area contributed by atoms with Gasteiger partial charge in [-0.3, -0.25) is 9.59 Å². The Morgan fingerprint density at radius 1 is 1.00 bits per heavy atom. The molecule has 0 unspecified atom stereocenters. The van der Waals surface area contributed by atoms with Crippen LogP contribution in [0, 0.1) is 0 Å². The standard InChI is InChI=1S/C21H23NO5/c1-25-16-7-8-18(20(14-16)26-2)19(23)13-15-5-3-4-6-17(15)21(24)22-9-11-27-12-10-22/h3-8,14H,9-13H2,1-2H3. The molecule has 1 saturated heterocycles. The van der Waals surface area contributed by atoms with Crippen LogP contribution in [0.1, 0.15) is 26.3 Å². The van der Waals surface area contributed by atoms with Gasteiger partial charge in [-0.15, -0.1) is 0 Å². The molecule has 0 bridgehead atoms. The van der Waals surface area contributed by atoms with E-state index in [2.05, 4.69) is 0 Å². The van der Waals surface area contributed by atoms with Crippen LogP contribution in [0.2, 0.25) is 0 Å². The van der Waals surface area contributed by atoms with Gasteiger partial charge in [0, 0.05) is 31.1 Å². The molecule has 142 valence electrons. The van der Waals surface area contributed by atoms with E-state index in [1.807, 2.05) is 18.2 Å². The number of hydrogen-bond donors (Lipinski definition) is 0. The Bertz CT molecular complexity index is 827. The van der Waals surface area contributed by atoms with Gasteiger partial charge in [0.1, 0.15) is 11.5 Å². The maximum atomic E-state index is 12.9. The molecule has 1 fully saturated rings. The van der Waals surface area contributed by atoms with Gasteiger partial charge in [0.15, 0.2) is 5.78 Å². The number of carbonyl (C=O) groups is 2. The van der Waals surface area contributed by atoms with Crippen molar-refractivity contribution in [2.45, 2.75) is 6.42 Å². The topological polar surface area (TPSA) is 65.1 Å². The second-order valence-electron chi connectivity index (χ2n) is 6.23. The number of methoxy groups -OCH3 is 2. The minimum absolute atomic E-state index is 0.0663. The Morgan fingerprint density at radius 3 is 2.44 bits per heavy atom. The van der Waals surface area contributed by atoms with Gasteiger partial charge in [0.25, 0.3) is 5.91 Å². The molecular weight excluding hydrogens is 346 g/mol. The summed E-state index contributed by atoms with van der Waals surface area (Å²) in [5.74, 6) is 0.891. The quantitative estimate of drug-likeness (QED) is 0.733. The third kappa shape index (κ3) is 4.28. The molecule has 3 rings (SSSR count). The molecule has 1 aliphatic heterocycles. The lowest BCUT2D eigenvalue weighted by Gasteiger charge is -2.27. The Kier molecular flexibility index (Phi) is 6.08. The van der Waals surface area contributed by atoms with E-state index in [0.29, 0.717) is 54.5 Å². The summed E-state index contributed by atoms with van der Waals surface area (Å²) in [4.78, 5) is 27.5. The van der Waals surface area contributed by atoms with Crippen molar-refractivity contribution in [3.8, 4) is 11.5 Å². The minimum atomic E-state index is -0.114. The predicted octanol–water partition coefficient (Wildman–Crippen LogP) is 2.60. The molecule has 1 aliphatic rings. The lowest BCUT2D eigenvalue weighted by atomic mass is 9.97. The van der Waals surface area contributed by atoms with Gasteiger partial charge in [-0.2, -0.15) is 0 Å². The first kappa shape index (κ1) is 18.9. The zero-order valence-electron chi connectivity index (χ0n) is 15.6. The fourth-order valence-corrected chi connectivity index (χ4v) is 3.12. The number of ether oxygens (including phenoxy) is 3. The van der Waals surface area contributed by atoms with Gasteiger partial charge in [-0.05, 0) is 23.8 Å². The summed E-state index contributed by atoms with van der Waals surface area (Å²) in [5.41, 5.74) is 1.73. The van der Waals surface area contributed by atoms with Crippen molar-refractivity contribution in [2.75, 3.05) is 40.5 Å². The number of benzene rings is 2. The van der Waals surface area contributed by atoms with E-state index in [-0.39, 0.29) is 18.1 Å². The Morgan fingerprint density at radius 2 is 1.74 bits per heavy atom. The highest BCUT2D eigenvalue weighted by molar-refractivity contribution is 6.03. The van der Waals surface area contributed by atoms with E-state index in [9.17, 15) is 9.59 Å². The smallest absolute Gasteiger partial charge is 0.254 e. The molecule has 27 heavy (non-hydrogen) atoms. The van der Waals surface area contributed by atoms with Crippen molar-refractivity contribution in [3.63, 3.8) is 0 Å². The Labute approximate surface area is 158 Å². The summed E-state index contributed by atoms with van der Waals surface area (Å²) in [6.07, 6.45) is 0.120. The molecule has 2 aromatic carbocycles. The average molecular weight is 369 g/mol. The highest BCUT2D eigenvalue weighted by Crippen LogP contribution is 2.26. The lowest BCUT2D eigenvalue weighted by molar-refractivity contribution is 0.0302. The van der Waals surface area contributed by atoms with E-state index in [4.69, 9.17) is 14.2 Å². The fourth-order valence-electron chi connectivity index (χ4n) is 3.12. The molecule has 1 heterocycles. The molecule has 0 atom stereocenters. The van der Waals surface area contributed by atoms with Gasteiger partial charge < -0.3 is 19.1 Å². The maximum Gasteiger partial charge on any atom is 0.254 e. The molecule has 1 amide bonds. The van der Waals surface area contributed by atoms with E-state index >= 15 is 0 Å². The third-order valence-electron chi connectivity index (χ3n) is 4.61. The fraction of sp³-hybridized carbons (Fsp3) is 0.333. The van der Waals surface area contributed by atoms with Gasteiger partial charge in [0.05, 0.1) is 33.0 Å². The molecule has 0 N–H and O–H groups in total. The van der Waals surface area contributed by atoms with Gasteiger partial charge in [-0.1, -0.05) is 18.2 Å². The van der Waals surface area contributed by atoms with Gasteiger partial charge in [0.2, 0.25) is 0 Å². The lowest BCUT2D eigenvalue weighted by Crippen LogP contribution is -2.41. The SMILES string of the molecule is COc1ccc(C(=O)Cc2ccccc2C(=O)N2CCOCC2)c(OC)c1. The van der Waals surface area contributed by atoms with Crippen LogP contribution >= 0.6 is 0 Å². The molecule has 0 spiro atoms. The molecule has 0 radical (unpaired) electrons. The maximum absolute atomic E-state index is 12.9.